The third kappa shape index (κ3) is 4.25. The number of unbranched alkanes of at least 4 members (excludes halogenated alkanes) is 2. The standard InChI is InChI=1S/C42H46N4/c1-5-7-9-29-23(3)31-19-35-39-25-11-13-26(14-12-25)40(39)36(45-35)20-32-24(4)30(10-8-6-2)34(44-32)22-38-42-28-17-15-27(16-18-28)41(42)37(46-38)21-33(29)43-31/h11,13,15,17,19-22,25-28,45-46H,5-10,12,14,16,18H2,1-4H3. The van der Waals surface area contributed by atoms with E-state index in [4.69, 9.17) is 9.97 Å². The van der Waals surface area contributed by atoms with Crippen LogP contribution in [0.2, 0.25) is 0 Å². The molecule has 0 saturated heterocycles. The van der Waals surface area contributed by atoms with E-state index in [1.165, 1.54) is 118 Å². The Morgan fingerprint density at radius 2 is 0.848 bits per heavy atom. The molecule has 4 atom stereocenters. The van der Waals surface area contributed by atoms with Crippen LogP contribution in [0, 0.1) is 0 Å². The highest BCUT2D eigenvalue weighted by atomic mass is 14.8. The van der Waals surface area contributed by atoms with E-state index in [1.807, 2.05) is 0 Å². The number of H-pyrrole nitrogens is 2. The smallest absolute Gasteiger partial charge is 0.0693 e. The number of rotatable bonds is 6. The summed E-state index contributed by atoms with van der Waals surface area (Å²) in [5.74, 6) is 1.88. The SMILES string of the molecule is CCCCC1=C(C)c2cc3[nH]c(cc4nc(cc5[nH]c(cc1n2)c1c5C2C=CC1CC2)C(CCCC)=C4C)c1c3C2C=CC1CC2. The van der Waals surface area contributed by atoms with Crippen molar-refractivity contribution in [2.45, 2.75) is 116 Å². The van der Waals surface area contributed by atoms with Gasteiger partial charge >= 0.3 is 0 Å². The molecule has 4 nitrogen and oxygen atoms in total. The van der Waals surface area contributed by atoms with Crippen LogP contribution in [0.25, 0.3) is 44.4 Å². The highest BCUT2D eigenvalue weighted by molar-refractivity contribution is 5.95. The number of fused-ring (bicyclic) bond motifs is 10. The van der Waals surface area contributed by atoms with Gasteiger partial charge in [-0.1, -0.05) is 51.0 Å². The second-order valence-corrected chi connectivity index (χ2v) is 14.7. The van der Waals surface area contributed by atoms with Crippen molar-refractivity contribution in [3.63, 3.8) is 0 Å². The minimum absolute atomic E-state index is 0.470. The molecule has 8 aliphatic rings. The molecule has 6 aliphatic carbocycles. The maximum atomic E-state index is 5.43. The van der Waals surface area contributed by atoms with E-state index in [2.05, 4.69) is 86.2 Å². The number of nitrogens with zero attached hydrogens (tertiary/aromatic N) is 2. The molecule has 0 radical (unpaired) electrons. The van der Waals surface area contributed by atoms with Crippen LogP contribution in [0.1, 0.15) is 161 Å². The summed E-state index contributed by atoms with van der Waals surface area (Å²) >= 11 is 0. The Morgan fingerprint density at radius 1 is 0.522 bits per heavy atom. The molecule has 5 heterocycles. The van der Waals surface area contributed by atoms with Gasteiger partial charge in [0.25, 0.3) is 0 Å². The molecule has 4 heteroatoms. The van der Waals surface area contributed by atoms with E-state index in [0.717, 1.165) is 35.6 Å². The van der Waals surface area contributed by atoms with Crippen LogP contribution in [0.3, 0.4) is 0 Å². The second-order valence-electron chi connectivity index (χ2n) is 14.7. The molecule has 46 heavy (non-hydrogen) atoms. The molecule has 0 saturated carbocycles. The van der Waals surface area contributed by atoms with Gasteiger partial charge < -0.3 is 9.97 Å². The van der Waals surface area contributed by atoms with Crippen molar-refractivity contribution in [1.82, 2.24) is 19.9 Å². The first-order valence-corrected chi connectivity index (χ1v) is 18.1. The van der Waals surface area contributed by atoms with Crippen LogP contribution in [0.5, 0.6) is 0 Å². The highest BCUT2D eigenvalue weighted by Crippen LogP contribution is 2.51. The zero-order valence-electron chi connectivity index (χ0n) is 27.9. The molecule has 12 bridgehead atoms. The summed E-state index contributed by atoms with van der Waals surface area (Å²) < 4.78 is 0. The van der Waals surface area contributed by atoms with Gasteiger partial charge in [0.2, 0.25) is 0 Å². The minimum atomic E-state index is 0.470. The summed E-state index contributed by atoms with van der Waals surface area (Å²) in [5.41, 5.74) is 21.0. The number of hydrogen-bond acceptors (Lipinski definition) is 2. The fraction of sp³-hybridized carbons (Fsp3) is 0.429. The minimum Gasteiger partial charge on any atom is -0.355 e. The van der Waals surface area contributed by atoms with Gasteiger partial charge in [0.15, 0.2) is 0 Å². The Labute approximate surface area is 272 Å². The second kappa shape index (κ2) is 10.8. The lowest BCUT2D eigenvalue weighted by atomic mass is 9.72. The van der Waals surface area contributed by atoms with E-state index in [-0.39, 0.29) is 0 Å². The van der Waals surface area contributed by atoms with E-state index < -0.39 is 0 Å². The van der Waals surface area contributed by atoms with Crippen molar-refractivity contribution in [3.8, 4) is 0 Å². The molecule has 0 fully saturated rings. The van der Waals surface area contributed by atoms with Crippen molar-refractivity contribution in [3.05, 3.63) is 93.6 Å². The summed E-state index contributed by atoms with van der Waals surface area (Å²) in [7, 11) is 0. The number of aromatic amines is 2. The summed E-state index contributed by atoms with van der Waals surface area (Å²) in [4.78, 5) is 18.8. The zero-order valence-corrected chi connectivity index (χ0v) is 27.9. The Kier molecular flexibility index (Phi) is 6.66. The van der Waals surface area contributed by atoms with Crippen molar-refractivity contribution < 1.29 is 0 Å². The monoisotopic (exact) mass is 606 g/mol. The molecule has 2 aliphatic heterocycles. The number of aromatic nitrogens is 4. The Balaban J connectivity index is 1.40. The normalized spacial score (nSPS) is 23.9. The van der Waals surface area contributed by atoms with E-state index in [0.29, 0.717) is 23.7 Å². The third-order valence-electron chi connectivity index (χ3n) is 12.0. The van der Waals surface area contributed by atoms with Gasteiger partial charge in [0.1, 0.15) is 0 Å². The lowest BCUT2D eigenvalue weighted by Gasteiger charge is -2.31. The molecule has 3 aromatic rings. The first kappa shape index (κ1) is 28.3. The van der Waals surface area contributed by atoms with Crippen molar-refractivity contribution in [2.75, 3.05) is 0 Å². The predicted octanol–water partition coefficient (Wildman–Crippen LogP) is 11.6. The predicted molar refractivity (Wildman–Crippen MR) is 193 cm³/mol. The van der Waals surface area contributed by atoms with Crippen molar-refractivity contribution in [2.24, 2.45) is 0 Å². The fourth-order valence-corrected chi connectivity index (χ4v) is 9.46. The van der Waals surface area contributed by atoms with Gasteiger partial charge in [0.05, 0.1) is 22.8 Å². The Bertz CT molecular complexity index is 1930. The van der Waals surface area contributed by atoms with Gasteiger partial charge in [0, 0.05) is 45.7 Å². The maximum absolute atomic E-state index is 5.43. The quantitative estimate of drug-likeness (QED) is 0.274. The molecular formula is C42H46N4. The summed E-state index contributed by atoms with van der Waals surface area (Å²) in [6.07, 6.45) is 21.6. The van der Waals surface area contributed by atoms with Crippen LogP contribution >= 0.6 is 0 Å². The topological polar surface area (TPSA) is 57.4 Å². The third-order valence-corrected chi connectivity index (χ3v) is 12.0. The molecule has 4 unspecified atom stereocenters. The van der Waals surface area contributed by atoms with Crippen LogP contribution in [0.4, 0.5) is 0 Å². The van der Waals surface area contributed by atoms with E-state index >= 15 is 0 Å². The van der Waals surface area contributed by atoms with Gasteiger partial charge in [-0.05, 0) is 134 Å². The first-order chi connectivity index (χ1) is 22.5. The molecule has 0 aromatic carbocycles. The highest BCUT2D eigenvalue weighted by Gasteiger charge is 2.35. The summed E-state index contributed by atoms with van der Waals surface area (Å²) in [6.45, 7) is 9.19. The largest absolute Gasteiger partial charge is 0.355 e. The molecule has 0 amide bonds. The van der Waals surface area contributed by atoms with E-state index in [9.17, 15) is 0 Å². The van der Waals surface area contributed by atoms with E-state index in [1.54, 1.807) is 0 Å². The molecule has 11 rings (SSSR count). The summed E-state index contributed by atoms with van der Waals surface area (Å²) in [6, 6.07) is 9.53. The van der Waals surface area contributed by atoms with Gasteiger partial charge in [-0.3, -0.25) is 0 Å². The van der Waals surface area contributed by atoms with Crippen molar-refractivity contribution in [1.29, 1.82) is 0 Å². The molecular weight excluding hydrogens is 560 g/mol. The lowest BCUT2D eigenvalue weighted by molar-refractivity contribution is 0.562. The average molecular weight is 607 g/mol. The maximum Gasteiger partial charge on any atom is 0.0693 e. The van der Waals surface area contributed by atoms with Crippen LogP contribution in [-0.2, 0) is 0 Å². The van der Waals surface area contributed by atoms with Gasteiger partial charge in [-0.15, -0.1) is 0 Å². The van der Waals surface area contributed by atoms with Crippen molar-refractivity contribution >= 4 is 44.4 Å². The molecule has 0 spiro atoms. The van der Waals surface area contributed by atoms with Gasteiger partial charge in [-0.25, -0.2) is 9.97 Å². The van der Waals surface area contributed by atoms with Crippen LogP contribution in [0.15, 0.2) is 48.6 Å². The first-order valence-electron chi connectivity index (χ1n) is 18.1. The lowest BCUT2D eigenvalue weighted by Crippen LogP contribution is -2.15. The summed E-state index contributed by atoms with van der Waals surface area (Å²) in [5, 5.41) is 0. The van der Waals surface area contributed by atoms with Gasteiger partial charge in [-0.2, -0.15) is 0 Å². The zero-order chi connectivity index (χ0) is 31.1. The molecule has 3 aromatic heterocycles. The molecule has 234 valence electrons. The molecule has 2 N–H and O–H groups in total. The Hall–Kier alpha value is -3.92. The average Bonchev–Trinajstić information content (AvgIpc) is 3.80. The Morgan fingerprint density at radius 3 is 1.15 bits per heavy atom. The van der Waals surface area contributed by atoms with Crippen LogP contribution in [-0.4, -0.2) is 19.9 Å². The van der Waals surface area contributed by atoms with Crippen LogP contribution < -0.4 is 0 Å². The number of nitrogens with one attached hydrogen (secondary N) is 2. The number of allylic oxidation sites excluding steroid dienone is 8. The fourth-order valence-electron chi connectivity index (χ4n) is 9.46. The number of hydrogen-bond donors (Lipinski definition) is 2.